The van der Waals surface area contributed by atoms with Crippen molar-refractivity contribution in [1.82, 2.24) is 4.90 Å². The van der Waals surface area contributed by atoms with Gasteiger partial charge in [0.05, 0.1) is 0 Å². The van der Waals surface area contributed by atoms with E-state index in [-0.39, 0.29) is 5.91 Å². The van der Waals surface area contributed by atoms with Crippen LogP contribution < -0.4 is 5.32 Å². The number of hydrogen-bond donors (Lipinski definition) is 1. The van der Waals surface area contributed by atoms with Crippen LogP contribution in [-0.4, -0.2) is 17.4 Å². The molecule has 2 aromatic carbocycles. The van der Waals surface area contributed by atoms with Gasteiger partial charge in [-0.25, -0.2) is 0 Å². The lowest BCUT2D eigenvalue weighted by Crippen LogP contribution is -2.14. The zero-order valence-corrected chi connectivity index (χ0v) is 13.5. The second-order valence-electron chi connectivity index (χ2n) is 5.25. The number of nitrogens with one attached hydrogen (secondary N) is 1. The van der Waals surface area contributed by atoms with Crippen molar-refractivity contribution in [2.75, 3.05) is 11.9 Å². The van der Waals surface area contributed by atoms with Gasteiger partial charge in [-0.05, 0) is 48.0 Å². The average Bonchev–Trinajstić information content (AvgIpc) is 2.89. The van der Waals surface area contributed by atoms with Gasteiger partial charge in [0.25, 0.3) is 5.91 Å². The minimum absolute atomic E-state index is 0.0819. The summed E-state index contributed by atoms with van der Waals surface area (Å²) in [6.07, 6.45) is 0. The first-order chi connectivity index (χ1) is 10.2. The molecule has 0 spiro atoms. The summed E-state index contributed by atoms with van der Waals surface area (Å²) in [5, 5.41) is 2.97. The van der Waals surface area contributed by atoms with E-state index in [2.05, 4.69) is 45.2 Å². The lowest BCUT2D eigenvalue weighted by Gasteiger charge is -2.09. The van der Waals surface area contributed by atoms with Crippen molar-refractivity contribution in [1.29, 1.82) is 0 Å². The number of amides is 1. The average molecular weight is 345 g/mol. The molecule has 1 heterocycles. The van der Waals surface area contributed by atoms with Crippen LogP contribution in [0.2, 0.25) is 0 Å². The highest BCUT2D eigenvalue weighted by molar-refractivity contribution is 9.10. The van der Waals surface area contributed by atoms with Gasteiger partial charge in [-0.15, -0.1) is 0 Å². The van der Waals surface area contributed by atoms with Gasteiger partial charge >= 0.3 is 0 Å². The van der Waals surface area contributed by atoms with E-state index in [4.69, 9.17) is 0 Å². The van der Waals surface area contributed by atoms with Gasteiger partial charge in [0.1, 0.15) is 0 Å². The number of carbonyl (C=O) groups excluding carboxylic acids is 1. The number of fused-ring (bicyclic) bond motifs is 1. The highest BCUT2D eigenvalue weighted by atomic mass is 79.9. The highest BCUT2D eigenvalue weighted by Crippen LogP contribution is 2.25. The van der Waals surface area contributed by atoms with Gasteiger partial charge in [-0.1, -0.05) is 35.0 Å². The number of benzene rings is 2. The van der Waals surface area contributed by atoms with E-state index >= 15 is 0 Å². The third-order valence-electron chi connectivity index (χ3n) is 3.79. The molecule has 108 valence electrons. The van der Waals surface area contributed by atoms with Gasteiger partial charge in [0, 0.05) is 28.8 Å². The standard InChI is InChI=1S/C17H17BrN2O/c1-2-20-10-13-6-7-16(9-14(13)11-20)19-17(21)12-4-3-5-15(18)8-12/h3-9H,2,10-11H2,1H3,(H,19,21). The van der Waals surface area contributed by atoms with Crippen LogP contribution in [0.5, 0.6) is 0 Å². The molecule has 0 aliphatic carbocycles. The topological polar surface area (TPSA) is 32.3 Å². The summed E-state index contributed by atoms with van der Waals surface area (Å²) >= 11 is 3.39. The van der Waals surface area contributed by atoms with Crippen molar-refractivity contribution in [3.63, 3.8) is 0 Å². The fourth-order valence-electron chi connectivity index (χ4n) is 2.60. The zero-order chi connectivity index (χ0) is 14.8. The Balaban J connectivity index is 1.76. The van der Waals surface area contributed by atoms with Gasteiger partial charge in [-0.2, -0.15) is 0 Å². The predicted octanol–water partition coefficient (Wildman–Crippen LogP) is 4.04. The Morgan fingerprint density at radius 2 is 2.00 bits per heavy atom. The molecule has 1 N–H and O–H groups in total. The predicted molar refractivity (Wildman–Crippen MR) is 88.3 cm³/mol. The molecule has 0 unspecified atom stereocenters. The van der Waals surface area contributed by atoms with Crippen molar-refractivity contribution in [2.45, 2.75) is 20.0 Å². The van der Waals surface area contributed by atoms with Crippen molar-refractivity contribution >= 4 is 27.5 Å². The lowest BCUT2D eigenvalue weighted by atomic mass is 10.1. The first-order valence-corrected chi connectivity index (χ1v) is 7.86. The molecule has 1 aliphatic heterocycles. The van der Waals surface area contributed by atoms with Crippen LogP contribution in [-0.2, 0) is 13.1 Å². The Kier molecular flexibility index (Phi) is 4.08. The Hall–Kier alpha value is -1.65. The summed E-state index contributed by atoms with van der Waals surface area (Å²) in [4.78, 5) is 14.6. The van der Waals surface area contributed by atoms with Crippen molar-refractivity contribution in [3.05, 3.63) is 63.6 Å². The molecule has 3 rings (SSSR count). The number of halogens is 1. The van der Waals surface area contributed by atoms with E-state index in [0.29, 0.717) is 5.56 Å². The molecule has 21 heavy (non-hydrogen) atoms. The maximum atomic E-state index is 12.2. The van der Waals surface area contributed by atoms with E-state index in [0.717, 1.165) is 29.8 Å². The molecular weight excluding hydrogens is 328 g/mol. The fourth-order valence-corrected chi connectivity index (χ4v) is 3.00. The third kappa shape index (κ3) is 3.17. The normalized spacial score (nSPS) is 14.0. The first kappa shape index (κ1) is 14.3. The molecule has 3 nitrogen and oxygen atoms in total. The third-order valence-corrected chi connectivity index (χ3v) is 4.28. The quantitative estimate of drug-likeness (QED) is 0.911. The molecule has 4 heteroatoms. The summed E-state index contributed by atoms with van der Waals surface area (Å²) in [6.45, 7) is 5.19. The number of hydrogen-bond acceptors (Lipinski definition) is 2. The molecular formula is C17H17BrN2O. The Bertz CT molecular complexity index is 684. The molecule has 0 bridgehead atoms. The minimum atomic E-state index is -0.0819. The maximum Gasteiger partial charge on any atom is 0.255 e. The number of rotatable bonds is 3. The van der Waals surface area contributed by atoms with Crippen molar-refractivity contribution in [2.24, 2.45) is 0 Å². The van der Waals surface area contributed by atoms with Crippen LogP contribution in [0.1, 0.15) is 28.4 Å². The Morgan fingerprint density at radius 3 is 2.76 bits per heavy atom. The fraction of sp³-hybridized carbons (Fsp3) is 0.235. The smallest absolute Gasteiger partial charge is 0.255 e. The van der Waals surface area contributed by atoms with Crippen LogP contribution in [0.25, 0.3) is 0 Å². The summed E-state index contributed by atoms with van der Waals surface area (Å²) in [7, 11) is 0. The van der Waals surface area contributed by atoms with Crippen LogP contribution >= 0.6 is 15.9 Å². The molecule has 0 atom stereocenters. The monoisotopic (exact) mass is 344 g/mol. The van der Waals surface area contributed by atoms with Crippen molar-refractivity contribution in [3.8, 4) is 0 Å². The van der Waals surface area contributed by atoms with Gasteiger partial charge < -0.3 is 5.32 Å². The second kappa shape index (κ2) is 6.00. The SMILES string of the molecule is CCN1Cc2ccc(NC(=O)c3cccc(Br)c3)cc2C1. The maximum absolute atomic E-state index is 12.2. The summed E-state index contributed by atoms with van der Waals surface area (Å²) < 4.78 is 0.905. The lowest BCUT2D eigenvalue weighted by molar-refractivity contribution is 0.102. The largest absolute Gasteiger partial charge is 0.322 e. The molecule has 0 radical (unpaired) electrons. The van der Waals surface area contributed by atoms with E-state index in [1.807, 2.05) is 30.3 Å². The van der Waals surface area contributed by atoms with Crippen molar-refractivity contribution < 1.29 is 4.79 Å². The zero-order valence-electron chi connectivity index (χ0n) is 11.9. The van der Waals surface area contributed by atoms with Crippen LogP contribution in [0.15, 0.2) is 46.9 Å². The highest BCUT2D eigenvalue weighted by Gasteiger charge is 2.18. The number of carbonyl (C=O) groups is 1. The van der Waals surface area contributed by atoms with Crippen LogP contribution in [0, 0.1) is 0 Å². The number of anilines is 1. The molecule has 2 aromatic rings. The molecule has 1 amide bonds. The van der Waals surface area contributed by atoms with Crippen LogP contribution in [0.4, 0.5) is 5.69 Å². The summed E-state index contributed by atoms with van der Waals surface area (Å²) in [5.41, 5.74) is 4.18. The number of nitrogens with zero attached hydrogens (tertiary/aromatic N) is 1. The van der Waals surface area contributed by atoms with Gasteiger partial charge in [0.2, 0.25) is 0 Å². The second-order valence-corrected chi connectivity index (χ2v) is 6.17. The van der Waals surface area contributed by atoms with Gasteiger partial charge in [0.15, 0.2) is 0 Å². The summed E-state index contributed by atoms with van der Waals surface area (Å²) in [6, 6.07) is 13.6. The first-order valence-electron chi connectivity index (χ1n) is 7.07. The molecule has 0 fully saturated rings. The Morgan fingerprint density at radius 1 is 1.19 bits per heavy atom. The molecule has 0 saturated heterocycles. The molecule has 1 aliphatic rings. The van der Waals surface area contributed by atoms with E-state index in [1.54, 1.807) is 0 Å². The van der Waals surface area contributed by atoms with Crippen LogP contribution in [0.3, 0.4) is 0 Å². The minimum Gasteiger partial charge on any atom is -0.322 e. The van der Waals surface area contributed by atoms with E-state index in [1.165, 1.54) is 11.1 Å². The molecule has 0 aromatic heterocycles. The van der Waals surface area contributed by atoms with E-state index in [9.17, 15) is 4.79 Å². The summed E-state index contributed by atoms with van der Waals surface area (Å²) in [5.74, 6) is -0.0819. The Labute approximate surface area is 133 Å². The van der Waals surface area contributed by atoms with E-state index < -0.39 is 0 Å². The van der Waals surface area contributed by atoms with Gasteiger partial charge in [-0.3, -0.25) is 9.69 Å². The molecule has 0 saturated carbocycles.